The van der Waals surface area contributed by atoms with Gasteiger partial charge in [0.1, 0.15) is 11.6 Å². The molecule has 0 fully saturated rings. The number of nitrogens with two attached hydrogens (primary N) is 1. The van der Waals surface area contributed by atoms with Gasteiger partial charge in [0.25, 0.3) is 5.78 Å². The third kappa shape index (κ3) is 4.03. The molecule has 0 aliphatic heterocycles. The Hall–Kier alpha value is -3.10. The summed E-state index contributed by atoms with van der Waals surface area (Å²) in [6, 6.07) is 17.9. The molecule has 0 aliphatic carbocycles. The van der Waals surface area contributed by atoms with Crippen LogP contribution in [0.15, 0.2) is 59.8 Å². The van der Waals surface area contributed by atoms with E-state index in [0.717, 1.165) is 28.3 Å². The monoisotopic (exact) mass is 407 g/mol. The van der Waals surface area contributed by atoms with E-state index in [2.05, 4.69) is 27.2 Å². The first-order valence-corrected chi connectivity index (χ1v) is 10.0. The van der Waals surface area contributed by atoms with Gasteiger partial charge in [-0.25, -0.2) is 4.98 Å². The number of hydrogen-bond donors (Lipinski definition) is 1. The molecule has 4 rings (SSSR count). The SMILES string of the molecule is COCc1nc2nc(SCc3ccccc3)nn2c(N)c1-c1ccc(OC)cc1. The van der Waals surface area contributed by atoms with Crippen LogP contribution in [0.5, 0.6) is 5.75 Å². The van der Waals surface area contributed by atoms with E-state index in [9.17, 15) is 0 Å². The smallest absolute Gasteiger partial charge is 0.255 e. The number of methoxy groups -OCH3 is 2. The number of hydrogen-bond acceptors (Lipinski definition) is 7. The third-order valence-corrected chi connectivity index (χ3v) is 5.36. The van der Waals surface area contributed by atoms with Crippen LogP contribution in [0.3, 0.4) is 0 Å². The highest BCUT2D eigenvalue weighted by Gasteiger charge is 2.18. The zero-order valence-corrected chi connectivity index (χ0v) is 17.0. The lowest BCUT2D eigenvalue weighted by Gasteiger charge is -2.12. The van der Waals surface area contributed by atoms with Gasteiger partial charge in [0.2, 0.25) is 5.16 Å². The lowest BCUT2D eigenvalue weighted by atomic mass is 10.0. The Kier molecular flexibility index (Phi) is 5.64. The van der Waals surface area contributed by atoms with Crippen molar-refractivity contribution in [3.8, 4) is 16.9 Å². The summed E-state index contributed by atoms with van der Waals surface area (Å²) in [4.78, 5) is 9.20. The molecule has 0 amide bonds. The summed E-state index contributed by atoms with van der Waals surface area (Å²) in [7, 11) is 3.27. The maximum Gasteiger partial charge on any atom is 0.255 e. The molecule has 4 aromatic rings. The number of ether oxygens (including phenoxy) is 2. The molecule has 0 radical (unpaired) electrons. The number of nitrogen functional groups attached to an aromatic ring is 1. The minimum atomic E-state index is 0.321. The molecule has 0 bridgehead atoms. The summed E-state index contributed by atoms with van der Waals surface area (Å²) >= 11 is 1.55. The summed E-state index contributed by atoms with van der Waals surface area (Å²) in [6.45, 7) is 0.321. The second-order valence-corrected chi connectivity index (χ2v) is 7.30. The van der Waals surface area contributed by atoms with Crippen molar-refractivity contribution in [2.24, 2.45) is 0 Å². The van der Waals surface area contributed by atoms with Crippen LogP contribution in [0.1, 0.15) is 11.3 Å². The Morgan fingerprint density at radius 1 is 1.00 bits per heavy atom. The number of benzene rings is 2. The fourth-order valence-electron chi connectivity index (χ4n) is 3.05. The van der Waals surface area contributed by atoms with Crippen LogP contribution in [0.2, 0.25) is 0 Å². The second-order valence-electron chi connectivity index (χ2n) is 6.36. The summed E-state index contributed by atoms with van der Waals surface area (Å²) in [5.74, 6) is 2.48. The Morgan fingerprint density at radius 2 is 1.76 bits per heavy atom. The van der Waals surface area contributed by atoms with Crippen LogP contribution in [-0.4, -0.2) is 33.8 Å². The van der Waals surface area contributed by atoms with Crippen LogP contribution in [0.25, 0.3) is 16.9 Å². The van der Waals surface area contributed by atoms with Crippen molar-refractivity contribution in [1.82, 2.24) is 19.6 Å². The van der Waals surface area contributed by atoms with Crippen molar-refractivity contribution in [3.05, 3.63) is 65.9 Å². The maximum absolute atomic E-state index is 6.50. The minimum absolute atomic E-state index is 0.321. The maximum atomic E-state index is 6.50. The van der Waals surface area contributed by atoms with E-state index >= 15 is 0 Å². The Balaban J connectivity index is 1.72. The van der Waals surface area contributed by atoms with E-state index in [1.165, 1.54) is 5.56 Å². The summed E-state index contributed by atoms with van der Waals surface area (Å²) < 4.78 is 12.2. The quantitative estimate of drug-likeness (QED) is 0.466. The van der Waals surface area contributed by atoms with Gasteiger partial charge >= 0.3 is 0 Å². The van der Waals surface area contributed by atoms with Crippen molar-refractivity contribution in [3.63, 3.8) is 0 Å². The number of fused-ring (bicyclic) bond motifs is 1. The highest BCUT2D eigenvalue weighted by molar-refractivity contribution is 7.98. The Morgan fingerprint density at radius 3 is 2.45 bits per heavy atom. The predicted molar refractivity (Wildman–Crippen MR) is 114 cm³/mol. The summed E-state index contributed by atoms with van der Waals surface area (Å²) in [5, 5.41) is 5.19. The van der Waals surface area contributed by atoms with Crippen LogP contribution in [-0.2, 0) is 17.1 Å². The highest BCUT2D eigenvalue weighted by Crippen LogP contribution is 2.32. The van der Waals surface area contributed by atoms with Gasteiger partial charge < -0.3 is 15.2 Å². The summed E-state index contributed by atoms with van der Waals surface area (Å²) in [6.07, 6.45) is 0. The second kappa shape index (κ2) is 8.50. The van der Waals surface area contributed by atoms with Gasteiger partial charge in [0, 0.05) is 18.4 Å². The first-order chi connectivity index (χ1) is 14.2. The van der Waals surface area contributed by atoms with E-state index in [0.29, 0.717) is 23.4 Å². The molecule has 7 nitrogen and oxygen atoms in total. The van der Waals surface area contributed by atoms with E-state index in [1.54, 1.807) is 30.5 Å². The Bertz CT molecular complexity index is 1110. The topological polar surface area (TPSA) is 87.6 Å². The van der Waals surface area contributed by atoms with E-state index < -0.39 is 0 Å². The van der Waals surface area contributed by atoms with E-state index in [4.69, 9.17) is 15.2 Å². The molecular formula is C21H21N5O2S. The standard InChI is InChI=1S/C21H21N5O2S/c1-27-12-17-18(15-8-10-16(28-2)11-9-15)19(22)26-20(23-17)24-21(25-26)29-13-14-6-4-3-5-7-14/h3-11H,12-13,22H2,1-2H3. The lowest BCUT2D eigenvalue weighted by Crippen LogP contribution is -2.08. The molecule has 148 valence electrons. The van der Waals surface area contributed by atoms with Gasteiger partial charge in [-0.3, -0.25) is 0 Å². The largest absolute Gasteiger partial charge is 0.497 e. The molecular weight excluding hydrogens is 386 g/mol. The van der Waals surface area contributed by atoms with Gasteiger partial charge in [0.15, 0.2) is 0 Å². The molecule has 8 heteroatoms. The normalized spacial score (nSPS) is 11.1. The molecule has 2 aromatic heterocycles. The molecule has 0 atom stereocenters. The fourth-order valence-corrected chi connectivity index (χ4v) is 3.82. The average Bonchev–Trinajstić information content (AvgIpc) is 3.17. The van der Waals surface area contributed by atoms with Crippen molar-refractivity contribution in [2.75, 3.05) is 20.0 Å². The van der Waals surface area contributed by atoms with Crippen molar-refractivity contribution < 1.29 is 9.47 Å². The molecule has 29 heavy (non-hydrogen) atoms. The van der Waals surface area contributed by atoms with Gasteiger partial charge in [-0.2, -0.15) is 9.50 Å². The van der Waals surface area contributed by atoms with Crippen LogP contribution in [0, 0.1) is 0 Å². The predicted octanol–water partition coefficient (Wildman–Crippen LogP) is 3.82. The molecule has 0 unspecified atom stereocenters. The van der Waals surface area contributed by atoms with Gasteiger partial charge in [-0.1, -0.05) is 54.2 Å². The zero-order valence-electron chi connectivity index (χ0n) is 16.2. The van der Waals surface area contributed by atoms with Crippen molar-refractivity contribution >= 4 is 23.4 Å². The molecule has 2 aromatic carbocycles. The van der Waals surface area contributed by atoms with Crippen molar-refractivity contribution in [1.29, 1.82) is 0 Å². The molecule has 2 N–H and O–H groups in total. The summed E-state index contributed by atoms with van der Waals surface area (Å²) in [5.41, 5.74) is 10.1. The number of rotatable bonds is 7. The van der Waals surface area contributed by atoms with Crippen LogP contribution in [0.4, 0.5) is 5.82 Å². The number of anilines is 1. The van der Waals surface area contributed by atoms with Crippen LogP contribution < -0.4 is 10.5 Å². The zero-order chi connectivity index (χ0) is 20.2. The minimum Gasteiger partial charge on any atom is -0.497 e. The average molecular weight is 407 g/mol. The molecule has 0 aliphatic rings. The Labute approximate surface area is 172 Å². The lowest BCUT2D eigenvalue weighted by molar-refractivity contribution is 0.182. The number of aromatic nitrogens is 4. The van der Waals surface area contributed by atoms with Crippen LogP contribution >= 0.6 is 11.8 Å². The van der Waals surface area contributed by atoms with Crippen molar-refractivity contribution in [2.45, 2.75) is 17.5 Å². The molecule has 0 spiro atoms. The first-order valence-electron chi connectivity index (χ1n) is 9.05. The number of thioether (sulfide) groups is 1. The van der Waals surface area contributed by atoms with Gasteiger partial charge in [-0.15, -0.1) is 5.10 Å². The third-order valence-electron chi connectivity index (χ3n) is 4.45. The van der Waals surface area contributed by atoms with Gasteiger partial charge in [0.05, 0.1) is 19.4 Å². The fraction of sp³-hybridized carbons (Fsp3) is 0.190. The number of nitrogens with zero attached hydrogens (tertiary/aromatic N) is 4. The highest BCUT2D eigenvalue weighted by atomic mass is 32.2. The molecule has 2 heterocycles. The molecule has 0 saturated carbocycles. The van der Waals surface area contributed by atoms with E-state index in [1.807, 2.05) is 42.5 Å². The van der Waals surface area contributed by atoms with Gasteiger partial charge in [-0.05, 0) is 23.3 Å². The molecule has 0 saturated heterocycles. The van der Waals surface area contributed by atoms with E-state index in [-0.39, 0.29) is 0 Å². The first kappa shape index (κ1) is 19.2.